The minimum atomic E-state index is -0.657. The van der Waals surface area contributed by atoms with Gasteiger partial charge in [0.05, 0.1) is 24.7 Å². The number of rotatable bonds is 5. The van der Waals surface area contributed by atoms with Crippen LogP contribution in [0.2, 0.25) is 0 Å². The molecular formula is C18H15NO6. The van der Waals surface area contributed by atoms with Crippen LogP contribution in [-0.4, -0.2) is 24.6 Å². The molecule has 3 rings (SSSR count). The smallest absolute Gasteiger partial charge is 0.336 e. The van der Waals surface area contributed by atoms with Crippen molar-refractivity contribution < 1.29 is 23.9 Å². The summed E-state index contributed by atoms with van der Waals surface area (Å²) in [4.78, 5) is 22.3. The van der Waals surface area contributed by atoms with E-state index in [1.54, 1.807) is 6.08 Å². The van der Waals surface area contributed by atoms with Gasteiger partial charge in [0.1, 0.15) is 5.75 Å². The highest BCUT2D eigenvalue weighted by Gasteiger charge is 2.15. The Morgan fingerprint density at radius 1 is 1.24 bits per heavy atom. The Morgan fingerprint density at radius 2 is 2.08 bits per heavy atom. The van der Waals surface area contributed by atoms with Crippen molar-refractivity contribution in [1.29, 1.82) is 0 Å². The van der Waals surface area contributed by atoms with E-state index in [0.717, 1.165) is 29.4 Å². The molecular weight excluding hydrogens is 326 g/mol. The van der Waals surface area contributed by atoms with Gasteiger partial charge in [0, 0.05) is 18.6 Å². The molecule has 0 saturated carbocycles. The Balaban J connectivity index is 1.74. The molecule has 25 heavy (non-hydrogen) atoms. The number of methoxy groups -OCH3 is 1. The fraction of sp³-hybridized carbons (Fsp3) is 0.167. The predicted octanol–water partition coefficient (Wildman–Crippen LogP) is 3.16. The van der Waals surface area contributed by atoms with Crippen LogP contribution in [0.4, 0.5) is 5.69 Å². The second-order valence-corrected chi connectivity index (χ2v) is 5.31. The third-order valence-corrected chi connectivity index (χ3v) is 3.69. The Morgan fingerprint density at radius 3 is 2.84 bits per heavy atom. The largest absolute Gasteiger partial charge is 0.493 e. The van der Waals surface area contributed by atoms with E-state index in [9.17, 15) is 14.9 Å². The van der Waals surface area contributed by atoms with Crippen molar-refractivity contribution in [1.82, 2.24) is 0 Å². The molecule has 7 nitrogen and oxygen atoms in total. The van der Waals surface area contributed by atoms with Gasteiger partial charge in [-0.3, -0.25) is 10.1 Å². The molecule has 1 aliphatic rings. The van der Waals surface area contributed by atoms with Gasteiger partial charge in [0.2, 0.25) is 0 Å². The standard InChI is InChI=1S/C18H15NO6/c1-23-16-6-4-14(19(21)22)11-17(16)25-18(20)7-3-12-2-5-15-13(10-12)8-9-24-15/h2-7,10-11H,8-9H2,1H3/b7-3+. The lowest BCUT2D eigenvalue weighted by molar-refractivity contribution is -0.384. The maximum absolute atomic E-state index is 12.0. The molecule has 0 aliphatic carbocycles. The summed E-state index contributed by atoms with van der Waals surface area (Å²) in [6.07, 6.45) is 3.72. The lowest BCUT2D eigenvalue weighted by Gasteiger charge is -2.07. The van der Waals surface area contributed by atoms with Crippen molar-refractivity contribution in [2.75, 3.05) is 13.7 Å². The van der Waals surface area contributed by atoms with E-state index >= 15 is 0 Å². The quantitative estimate of drug-likeness (QED) is 0.273. The summed E-state index contributed by atoms with van der Waals surface area (Å²) in [6, 6.07) is 9.44. The average Bonchev–Trinajstić information content (AvgIpc) is 3.07. The molecule has 7 heteroatoms. The van der Waals surface area contributed by atoms with Gasteiger partial charge in [0.25, 0.3) is 5.69 Å². The number of non-ortho nitro benzene ring substituents is 1. The third kappa shape index (κ3) is 3.77. The van der Waals surface area contributed by atoms with E-state index in [1.165, 1.54) is 25.3 Å². The molecule has 0 N–H and O–H groups in total. The van der Waals surface area contributed by atoms with Crippen molar-refractivity contribution in [2.24, 2.45) is 0 Å². The van der Waals surface area contributed by atoms with Crippen molar-refractivity contribution >= 4 is 17.7 Å². The van der Waals surface area contributed by atoms with Gasteiger partial charge < -0.3 is 14.2 Å². The number of carbonyl (C=O) groups is 1. The molecule has 128 valence electrons. The number of benzene rings is 2. The van der Waals surface area contributed by atoms with Crippen LogP contribution in [0.1, 0.15) is 11.1 Å². The van der Waals surface area contributed by atoms with Crippen LogP contribution in [0.5, 0.6) is 17.2 Å². The van der Waals surface area contributed by atoms with Crippen LogP contribution in [0.15, 0.2) is 42.5 Å². The first-order chi connectivity index (χ1) is 12.1. The zero-order chi connectivity index (χ0) is 17.8. The fourth-order valence-corrected chi connectivity index (χ4v) is 2.48. The van der Waals surface area contributed by atoms with Gasteiger partial charge in [-0.05, 0) is 35.4 Å². The van der Waals surface area contributed by atoms with Crippen molar-refractivity contribution in [3.8, 4) is 17.2 Å². The molecule has 1 aliphatic heterocycles. The van der Waals surface area contributed by atoms with E-state index in [-0.39, 0.29) is 17.2 Å². The molecule has 2 aromatic rings. The zero-order valence-corrected chi connectivity index (χ0v) is 13.4. The number of ether oxygens (including phenoxy) is 3. The molecule has 0 fully saturated rings. The van der Waals surface area contributed by atoms with Crippen LogP contribution in [0, 0.1) is 10.1 Å². The van der Waals surface area contributed by atoms with Crippen LogP contribution in [-0.2, 0) is 11.2 Å². The monoisotopic (exact) mass is 341 g/mol. The topological polar surface area (TPSA) is 87.9 Å². The van der Waals surface area contributed by atoms with Crippen molar-refractivity contribution in [3.05, 3.63) is 63.7 Å². The Labute approximate surface area is 143 Å². The summed E-state index contributed by atoms with van der Waals surface area (Å²) in [5.41, 5.74) is 1.74. The van der Waals surface area contributed by atoms with Gasteiger partial charge in [-0.25, -0.2) is 4.79 Å². The summed E-state index contributed by atoms with van der Waals surface area (Å²) in [7, 11) is 1.39. The highest BCUT2D eigenvalue weighted by atomic mass is 16.6. The fourth-order valence-electron chi connectivity index (χ4n) is 2.48. The maximum atomic E-state index is 12.0. The first kappa shape index (κ1) is 16.5. The molecule has 1 heterocycles. The predicted molar refractivity (Wildman–Crippen MR) is 90.0 cm³/mol. The Hall–Kier alpha value is -3.35. The van der Waals surface area contributed by atoms with Gasteiger partial charge in [-0.1, -0.05) is 6.07 Å². The summed E-state index contributed by atoms with van der Waals surface area (Å²) in [6.45, 7) is 0.664. The second-order valence-electron chi connectivity index (χ2n) is 5.31. The van der Waals surface area contributed by atoms with E-state index in [1.807, 2.05) is 18.2 Å². The van der Waals surface area contributed by atoms with E-state index in [2.05, 4.69) is 0 Å². The maximum Gasteiger partial charge on any atom is 0.336 e. The Kier molecular flexibility index (Phi) is 4.65. The van der Waals surface area contributed by atoms with Gasteiger partial charge in [-0.15, -0.1) is 0 Å². The molecule has 0 unspecified atom stereocenters. The molecule has 0 amide bonds. The zero-order valence-electron chi connectivity index (χ0n) is 13.4. The molecule has 0 saturated heterocycles. The molecule has 0 spiro atoms. The third-order valence-electron chi connectivity index (χ3n) is 3.69. The minimum Gasteiger partial charge on any atom is -0.493 e. The summed E-state index contributed by atoms with van der Waals surface area (Å²) in [5, 5.41) is 10.8. The first-order valence-corrected chi connectivity index (χ1v) is 7.55. The molecule has 0 aromatic heterocycles. The molecule has 0 bridgehead atoms. The number of nitro groups is 1. The normalized spacial score (nSPS) is 12.5. The summed E-state index contributed by atoms with van der Waals surface area (Å²) in [5.74, 6) is 0.437. The summed E-state index contributed by atoms with van der Waals surface area (Å²) >= 11 is 0. The van der Waals surface area contributed by atoms with Gasteiger partial charge in [0.15, 0.2) is 11.5 Å². The van der Waals surface area contributed by atoms with Crippen LogP contribution >= 0.6 is 0 Å². The number of esters is 1. The van der Waals surface area contributed by atoms with Gasteiger partial charge in [-0.2, -0.15) is 0 Å². The van der Waals surface area contributed by atoms with Crippen molar-refractivity contribution in [3.63, 3.8) is 0 Å². The molecule has 2 aromatic carbocycles. The number of nitrogens with zero attached hydrogens (tertiary/aromatic N) is 1. The van der Waals surface area contributed by atoms with Crippen molar-refractivity contribution in [2.45, 2.75) is 6.42 Å². The van der Waals surface area contributed by atoms with E-state index in [4.69, 9.17) is 14.2 Å². The highest BCUT2D eigenvalue weighted by Crippen LogP contribution is 2.31. The Bertz CT molecular complexity index is 859. The second kappa shape index (κ2) is 7.04. The number of nitro benzene ring substituents is 1. The van der Waals surface area contributed by atoms with E-state index < -0.39 is 10.9 Å². The van der Waals surface area contributed by atoms with Gasteiger partial charge >= 0.3 is 5.97 Å². The average molecular weight is 341 g/mol. The molecule has 0 atom stereocenters. The number of hydrogen-bond donors (Lipinski definition) is 0. The molecule has 0 radical (unpaired) electrons. The highest BCUT2D eigenvalue weighted by molar-refractivity contribution is 5.89. The summed E-state index contributed by atoms with van der Waals surface area (Å²) < 4.78 is 15.6. The number of carbonyl (C=O) groups excluding carboxylic acids is 1. The lowest BCUT2D eigenvalue weighted by Crippen LogP contribution is -2.05. The van der Waals surface area contributed by atoms with Crippen LogP contribution < -0.4 is 14.2 Å². The minimum absolute atomic E-state index is 0.00583. The first-order valence-electron chi connectivity index (χ1n) is 7.55. The number of fused-ring (bicyclic) bond motifs is 1. The van der Waals surface area contributed by atoms with E-state index in [0.29, 0.717) is 6.61 Å². The van der Waals surface area contributed by atoms with Crippen LogP contribution in [0.3, 0.4) is 0 Å². The number of hydrogen-bond acceptors (Lipinski definition) is 6. The van der Waals surface area contributed by atoms with Crippen LogP contribution in [0.25, 0.3) is 6.08 Å². The lowest BCUT2D eigenvalue weighted by atomic mass is 10.1. The SMILES string of the molecule is COc1ccc([N+](=O)[O-])cc1OC(=O)/C=C/c1ccc2c(c1)CCO2.